The molecule has 0 aromatic carbocycles. The van der Waals surface area contributed by atoms with Crippen molar-refractivity contribution in [3.8, 4) is 0 Å². The molecule has 0 unspecified atom stereocenters. The fourth-order valence-corrected chi connectivity index (χ4v) is 1.02. The van der Waals surface area contributed by atoms with E-state index in [-0.39, 0.29) is 12.8 Å². The topological polar surface area (TPSA) is 74.6 Å². The molecule has 0 spiro atoms. The van der Waals surface area contributed by atoms with Crippen molar-refractivity contribution in [2.75, 3.05) is 0 Å². The van der Waals surface area contributed by atoms with Crippen LogP contribution in [0.5, 0.6) is 0 Å². The van der Waals surface area contributed by atoms with E-state index in [0.29, 0.717) is 6.42 Å². The lowest BCUT2D eigenvalue weighted by Crippen LogP contribution is -1.93. The first-order valence-electron chi connectivity index (χ1n) is 4.71. The molecule has 4 nitrogen and oxygen atoms in total. The van der Waals surface area contributed by atoms with Gasteiger partial charge in [0.25, 0.3) is 0 Å². The zero-order chi connectivity index (χ0) is 10.8. The fourth-order valence-electron chi connectivity index (χ4n) is 1.02. The molecular formula is C10H16O4. The second kappa shape index (κ2) is 8.29. The van der Waals surface area contributed by atoms with Crippen LogP contribution in [-0.4, -0.2) is 22.2 Å². The number of unbranched alkanes of at least 4 members (excludes halogenated alkanes) is 3. The van der Waals surface area contributed by atoms with Crippen LogP contribution in [0.3, 0.4) is 0 Å². The molecule has 0 aliphatic rings. The maximum absolute atomic E-state index is 10.1. The van der Waals surface area contributed by atoms with Crippen LogP contribution in [0.1, 0.15) is 38.5 Å². The molecule has 0 amide bonds. The Morgan fingerprint density at radius 3 is 2.21 bits per heavy atom. The van der Waals surface area contributed by atoms with Gasteiger partial charge in [0.15, 0.2) is 0 Å². The quantitative estimate of drug-likeness (QED) is 0.464. The van der Waals surface area contributed by atoms with E-state index in [4.69, 9.17) is 10.2 Å². The Hall–Kier alpha value is -1.32. The number of rotatable bonds is 8. The highest BCUT2D eigenvalue weighted by atomic mass is 16.4. The van der Waals surface area contributed by atoms with Crippen molar-refractivity contribution < 1.29 is 19.8 Å². The molecule has 0 fully saturated rings. The number of carbonyl (C=O) groups is 2. The largest absolute Gasteiger partial charge is 0.481 e. The van der Waals surface area contributed by atoms with Gasteiger partial charge in [-0.3, -0.25) is 9.59 Å². The molecule has 4 heteroatoms. The van der Waals surface area contributed by atoms with Crippen LogP contribution < -0.4 is 0 Å². The lowest BCUT2D eigenvalue weighted by Gasteiger charge is -1.94. The highest BCUT2D eigenvalue weighted by Gasteiger charge is 1.95. The van der Waals surface area contributed by atoms with Gasteiger partial charge in [-0.2, -0.15) is 0 Å². The second-order valence-electron chi connectivity index (χ2n) is 3.06. The van der Waals surface area contributed by atoms with Crippen molar-refractivity contribution in [3.63, 3.8) is 0 Å². The van der Waals surface area contributed by atoms with Gasteiger partial charge < -0.3 is 10.2 Å². The molecule has 0 aromatic heterocycles. The Balaban J connectivity index is 3.17. The predicted octanol–water partition coefficient (Wildman–Crippen LogP) is 2.05. The minimum absolute atomic E-state index is 0.0646. The molecule has 0 rings (SSSR count). The average Bonchev–Trinajstić information content (AvgIpc) is 2.08. The molecule has 0 aliphatic heterocycles. The van der Waals surface area contributed by atoms with E-state index in [1.54, 1.807) is 6.08 Å². The first-order chi connectivity index (χ1) is 6.63. The maximum Gasteiger partial charge on any atom is 0.307 e. The normalized spacial score (nSPS) is 10.6. The molecule has 0 atom stereocenters. The number of carboxylic acid groups (broad SMARTS) is 2. The summed E-state index contributed by atoms with van der Waals surface area (Å²) < 4.78 is 0. The van der Waals surface area contributed by atoms with Crippen molar-refractivity contribution in [1.29, 1.82) is 0 Å². The van der Waals surface area contributed by atoms with E-state index in [1.807, 2.05) is 6.08 Å². The maximum atomic E-state index is 10.1. The third-order valence-corrected chi connectivity index (χ3v) is 1.72. The van der Waals surface area contributed by atoms with E-state index in [0.717, 1.165) is 19.3 Å². The van der Waals surface area contributed by atoms with Crippen LogP contribution in [0.4, 0.5) is 0 Å². The summed E-state index contributed by atoms with van der Waals surface area (Å²) in [6, 6.07) is 0. The van der Waals surface area contributed by atoms with Gasteiger partial charge in [-0.15, -0.1) is 0 Å². The standard InChI is InChI=1S/C10H16O4/c11-9(12)7-5-3-1-2-4-6-8-10(13)14/h3,5H,1-2,4,6-8H2,(H,11,12)(H,13,14)/b5-3-. The molecule has 0 aromatic rings. The number of aliphatic carboxylic acids is 2. The summed E-state index contributed by atoms with van der Waals surface area (Å²) >= 11 is 0. The van der Waals surface area contributed by atoms with Gasteiger partial charge in [-0.1, -0.05) is 18.6 Å². The van der Waals surface area contributed by atoms with Gasteiger partial charge >= 0.3 is 11.9 Å². The molecule has 2 N–H and O–H groups in total. The Bertz CT molecular complexity index is 208. The Labute approximate surface area is 83.2 Å². The first-order valence-corrected chi connectivity index (χ1v) is 4.71. The lowest BCUT2D eigenvalue weighted by atomic mass is 10.1. The monoisotopic (exact) mass is 200 g/mol. The smallest absolute Gasteiger partial charge is 0.307 e. The number of hydrogen-bond acceptors (Lipinski definition) is 2. The molecule has 0 saturated carbocycles. The minimum Gasteiger partial charge on any atom is -0.481 e. The van der Waals surface area contributed by atoms with Gasteiger partial charge in [-0.05, 0) is 19.3 Å². The fraction of sp³-hybridized carbons (Fsp3) is 0.600. The van der Waals surface area contributed by atoms with Crippen LogP contribution in [0.25, 0.3) is 0 Å². The zero-order valence-electron chi connectivity index (χ0n) is 8.11. The molecule has 0 aliphatic carbocycles. The van der Waals surface area contributed by atoms with E-state index in [9.17, 15) is 9.59 Å². The minimum atomic E-state index is -0.827. The number of hydrogen-bond donors (Lipinski definition) is 2. The second-order valence-corrected chi connectivity index (χ2v) is 3.06. The molecular weight excluding hydrogens is 184 g/mol. The Morgan fingerprint density at radius 2 is 1.64 bits per heavy atom. The van der Waals surface area contributed by atoms with Crippen LogP contribution in [0.15, 0.2) is 12.2 Å². The van der Waals surface area contributed by atoms with Crippen LogP contribution in [0.2, 0.25) is 0 Å². The van der Waals surface area contributed by atoms with Crippen molar-refractivity contribution in [2.45, 2.75) is 38.5 Å². The highest BCUT2D eigenvalue weighted by Crippen LogP contribution is 2.03. The summed E-state index contributed by atoms with van der Waals surface area (Å²) in [5.41, 5.74) is 0. The summed E-state index contributed by atoms with van der Waals surface area (Å²) in [5.74, 6) is -1.58. The lowest BCUT2D eigenvalue weighted by molar-refractivity contribution is -0.137. The molecule has 14 heavy (non-hydrogen) atoms. The Kier molecular flexibility index (Phi) is 7.50. The van der Waals surface area contributed by atoms with Crippen LogP contribution in [-0.2, 0) is 9.59 Å². The molecule has 0 bridgehead atoms. The summed E-state index contributed by atoms with van der Waals surface area (Å²) in [4.78, 5) is 20.2. The molecule has 0 heterocycles. The van der Waals surface area contributed by atoms with E-state index in [2.05, 4.69) is 0 Å². The SMILES string of the molecule is O=C(O)C/C=C\CCCCCC(=O)O. The summed E-state index contributed by atoms with van der Waals surface area (Å²) in [6.45, 7) is 0. The van der Waals surface area contributed by atoms with E-state index in [1.165, 1.54) is 0 Å². The van der Waals surface area contributed by atoms with Crippen molar-refractivity contribution in [3.05, 3.63) is 12.2 Å². The molecule has 0 radical (unpaired) electrons. The third kappa shape index (κ3) is 10.7. The first kappa shape index (κ1) is 12.7. The van der Waals surface area contributed by atoms with Gasteiger partial charge in [0, 0.05) is 6.42 Å². The molecule has 80 valence electrons. The summed E-state index contributed by atoms with van der Waals surface area (Å²) in [5, 5.41) is 16.6. The van der Waals surface area contributed by atoms with Crippen molar-refractivity contribution in [2.24, 2.45) is 0 Å². The van der Waals surface area contributed by atoms with Crippen molar-refractivity contribution >= 4 is 11.9 Å². The van der Waals surface area contributed by atoms with Gasteiger partial charge in [0.1, 0.15) is 0 Å². The van der Waals surface area contributed by atoms with E-state index < -0.39 is 11.9 Å². The highest BCUT2D eigenvalue weighted by molar-refractivity contribution is 5.68. The predicted molar refractivity (Wildman–Crippen MR) is 52.1 cm³/mol. The number of allylic oxidation sites excluding steroid dienone is 1. The Morgan fingerprint density at radius 1 is 0.929 bits per heavy atom. The zero-order valence-corrected chi connectivity index (χ0v) is 8.11. The molecule has 0 saturated heterocycles. The van der Waals surface area contributed by atoms with Gasteiger partial charge in [0.2, 0.25) is 0 Å². The van der Waals surface area contributed by atoms with Gasteiger partial charge in [-0.25, -0.2) is 0 Å². The third-order valence-electron chi connectivity index (χ3n) is 1.72. The van der Waals surface area contributed by atoms with Crippen LogP contribution in [0, 0.1) is 0 Å². The summed E-state index contributed by atoms with van der Waals surface area (Å²) in [7, 11) is 0. The average molecular weight is 200 g/mol. The van der Waals surface area contributed by atoms with Crippen LogP contribution >= 0.6 is 0 Å². The van der Waals surface area contributed by atoms with Crippen molar-refractivity contribution in [1.82, 2.24) is 0 Å². The van der Waals surface area contributed by atoms with Gasteiger partial charge in [0.05, 0.1) is 6.42 Å². The van der Waals surface area contributed by atoms with E-state index >= 15 is 0 Å². The summed E-state index contributed by atoms with van der Waals surface area (Å²) in [6.07, 6.45) is 7.06. The number of carboxylic acids is 2.